The summed E-state index contributed by atoms with van der Waals surface area (Å²) in [4.78, 5) is 90.3. The third-order valence-electron chi connectivity index (χ3n) is 8.26. The quantitative estimate of drug-likeness (QED) is 0.0906. The zero-order valence-corrected chi connectivity index (χ0v) is 26.8. The van der Waals surface area contributed by atoms with Crippen LogP contribution in [-0.4, -0.2) is 123 Å². The number of likely N-dealkylation sites (tertiary alicyclic amines) is 1. The largest absolute Gasteiger partial charge is 0.508 e. The van der Waals surface area contributed by atoms with Crippen LogP contribution in [0.1, 0.15) is 51.5 Å². The lowest BCUT2D eigenvalue weighted by molar-refractivity contribution is -0.145. The number of carbonyl (C=O) groups is 7. The first-order chi connectivity index (χ1) is 22.7. The Kier molecular flexibility index (Phi) is 13.7. The summed E-state index contributed by atoms with van der Waals surface area (Å²) in [5.74, 6) is -7.11. The number of nitrogens with zero attached hydrogens (tertiary/aromatic N) is 1. The van der Waals surface area contributed by atoms with Crippen molar-refractivity contribution in [2.24, 2.45) is 5.92 Å². The van der Waals surface area contributed by atoms with E-state index < -0.39 is 96.7 Å². The van der Waals surface area contributed by atoms with Crippen LogP contribution in [-0.2, 0) is 40.0 Å². The van der Waals surface area contributed by atoms with Crippen LogP contribution < -0.4 is 26.6 Å². The SMILES string of the molecule is CC(C)[C@H](NC(=O)[C@H](CO)NC(=O)[C@H](CC(=O)O)NC(=O)[C@@H]1CCCN1)C(=O)N1CCC[C@H]1C(=O)N[C@@H](Cc1ccc(O)cc1)C(=O)O. The average Bonchev–Trinajstić information content (AvgIpc) is 3.75. The molecule has 2 aliphatic heterocycles. The predicted molar refractivity (Wildman–Crippen MR) is 167 cm³/mol. The van der Waals surface area contributed by atoms with Crippen molar-refractivity contribution in [2.45, 2.75) is 88.6 Å². The summed E-state index contributed by atoms with van der Waals surface area (Å²) < 4.78 is 0. The number of hydrogen-bond donors (Lipinski definition) is 9. The normalized spacial score (nSPS) is 19.9. The number of aliphatic carboxylic acids is 2. The molecule has 264 valence electrons. The number of aliphatic hydroxyl groups excluding tert-OH is 1. The van der Waals surface area contributed by atoms with E-state index in [4.69, 9.17) is 0 Å². The predicted octanol–water partition coefficient (Wildman–Crippen LogP) is -2.18. The maximum absolute atomic E-state index is 13.7. The molecule has 0 aromatic heterocycles. The average molecular weight is 677 g/mol. The number of amides is 5. The van der Waals surface area contributed by atoms with Gasteiger partial charge in [-0.15, -0.1) is 0 Å². The number of phenolic OH excluding ortho intramolecular Hbond substituents is 1. The number of aliphatic hydroxyl groups is 1. The number of hydrogen-bond acceptors (Lipinski definition) is 10. The standard InChI is InChI=1S/C31H44N6O11/c1-16(2)25(36-28(44)22(15-38)35-27(43)20(14-24(40)41)33-26(42)19-5-3-11-32-19)30(46)37-12-4-6-23(37)29(45)34-21(31(47)48)13-17-7-9-18(39)10-8-17/h7-10,16,19-23,25,32,38-39H,3-6,11-15H2,1-2H3,(H,33,42)(H,34,45)(H,35,43)(H,36,44)(H,40,41)(H,47,48)/t19-,20-,21-,22-,23-,25-/m0/s1. The van der Waals surface area contributed by atoms with E-state index in [2.05, 4.69) is 26.6 Å². The first-order valence-electron chi connectivity index (χ1n) is 15.8. The molecule has 0 radical (unpaired) electrons. The Hall–Kier alpha value is -4.77. The number of carbonyl (C=O) groups excluding carboxylic acids is 5. The summed E-state index contributed by atoms with van der Waals surface area (Å²) in [5, 5.41) is 51.0. The topological polar surface area (TPSA) is 264 Å². The molecule has 1 aromatic rings. The monoisotopic (exact) mass is 676 g/mol. The van der Waals surface area contributed by atoms with Gasteiger partial charge in [0.2, 0.25) is 29.5 Å². The number of carboxylic acids is 2. The molecule has 0 bridgehead atoms. The highest BCUT2D eigenvalue weighted by molar-refractivity contribution is 5.97. The van der Waals surface area contributed by atoms with Crippen molar-refractivity contribution in [3.8, 4) is 5.75 Å². The lowest BCUT2D eigenvalue weighted by Crippen LogP contribution is -2.61. The van der Waals surface area contributed by atoms with Crippen molar-refractivity contribution < 1.29 is 54.0 Å². The molecule has 17 nitrogen and oxygen atoms in total. The van der Waals surface area contributed by atoms with Gasteiger partial charge in [0.25, 0.3) is 0 Å². The second-order valence-corrected chi connectivity index (χ2v) is 12.2. The first-order valence-corrected chi connectivity index (χ1v) is 15.8. The maximum atomic E-state index is 13.7. The van der Waals surface area contributed by atoms with E-state index in [1.54, 1.807) is 13.8 Å². The van der Waals surface area contributed by atoms with Gasteiger partial charge in [-0.25, -0.2) is 4.79 Å². The molecule has 0 aliphatic carbocycles. The fourth-order valence-electron chi connectivity index (χ4n) is 5.62. The molecule has 9 N–H and O–H groups in total. The Morgan fingerprint density at radius 2 is 1.50 bits per heavy atom. The van der Waals surface area contributed by atoms with E-state index in [9.17, 15) is 54.0 Å². The van der Waals surface area contributed by atoms with E-state index in [1.165, 1.54) is 29.2 Å². The highest BCUT2D eigenvalue weighted by atomic mass is 16.4. The van der Waals surface area contributed by atoms with Gasteiger partial charge >= 0.3 is 11.9 Å². The summed E-state index contributed by atoms with van der Waals surface area (Å²) in [5.41, 5.74) is 0.551. The van der Waals surface area contributed by atoms with E-state index >= 15 is 0 Å². The third kappa shape index (κ3) is 10.4. The van der Waals surface area contributed by atoms with Gasteiger partial charge in [-0.2, -0.15) is 0 Å². The molecule has 0 saturated carbocycles. The number of carboxylic acid groups (broad SMARTS) is 2. The van der Waals surface area contributed by atoms with Crippen molar-refractivity contribution in [1.82, 2.24) is 31.5 Å². The second kappa shape index (κ2) is 17.4. The number of nitrogens with one attached hydrogen (secondary N) is 5. The molecule has 0 spiro atoms. The highest BCUT2D eigenvalue weighted by Crippen LogP contribution is 2.21. The highest BCUT2D eigenvalue weighted by Gasteiger charge is 2.40. The van der Waals surface area contributed by atoms with Crippen LogP contribution in [0.25, 0.3) is 0 Å². The van der Waals surface area contributed by atoms with Crippen LogP contribution in [0.5, 0.6) is 5.75 Å². The van der Waals surface area contributed by atoms with Gasteiger partial charge in [0, 0.05) is 13.0 Å². The number of rotatable bonds is 16. The smallest absolute Gasteiger partial charge is 0.326 e. The molecule has 1 aromatic carbocycles. The van der Waals surface area contributed by atoms with Gasteiger partial charge in [0.1, 0.15) is 36.0 Å². The minimum Gasteiger partial charge on any atom is -0.508 e. The molecule has 2 heterocycles. The lowest BCUT2D eigenvalue weighted by atomic mass is 10.0. The van der Waals surface area contributed by atoms with Crippen LogP contribution in [0.15, 0.2) is 24.3 Å². The van der Waals surface area contributed by atoms with Crippen molar-refractivity contribution in [3.05, 3.63) is 29.8 Å². The molecule has 48 heavy (non-hydrogen) atoms. The Morgan fingerprint density at radius 1 is 0.854 bits per heavy atom. The van der Waals surface area contributed by atoms with E-state index in [0.717, 1.165) is 6.42 Å². The zero-order chi connectivity index (χ0) is 35.5. The first kappa shape index (κ1) is 37.7. The molecular formula is C31H44N6O11. The number of phenols is 1. The molecule has 3 rings (SSSR count). The van der Waals surface area contributed by atoms with Crippen LogP contribution in [0.2, 0.25) is 0 Å². The van der Waals surface area contributed by atoms with Gasteiger partial charge in [-0.3, -0.25) is 28.8 Å². The molecule has 2 saturated heterocycles. The summed E-state index contributed by atoms with van der Waals surface area (Å²) in [7, 11) is 0. The Balaban J connectivity index is 1.67. The Morgan fingerprint density at radius 3 is 2.06 bits per heavy atom. The zero-order valence-electron chi connectivity index (χ0n) is 26.8. The van der Waals surface area contributed by atoms with Gasteiger partial charge in [-0.05, 0) is 55.8 Å². The van der Waals surface area contributed by atoms with Crippen molar-refractivity contribution >= 4 is 41.5 Å². The van der Waals surface area contributed by atoms with Crippen LogP contribution in [0.4, 0.5) is 0 Å². The van der Waals surface area contributed by atoms with Crippen molar-refractivity contribution in [3.63, 3.8) is 0 Å². The van der Waals surface area contributed by atoms with Crippen LogP contribution in [0, 0.1) is 5.92 Å². The van der Waals surface area contributed by atoms with Gasteiger partial charge in [-0.1, -0.05) is 26.0 Å². The van der Waals surface area contributed by atoms with Crippen molar-refractivity contribution in [1.29, 1.82) is 0 Å². The molecule has 5 amide bonds. The minimum atomic E-state index is -1.61. The van der Waals surface area contributed by atoms with Gasteiger partial charge in [0.05, 0.1) is 19.1 Å². The van der Waals surface area contributed by atoms with Crippen LogP contribution in [0.3, 0.4) is 0 Å². The fourth-order valence-corrected chi connectivity index (χ4v) is 5.62. The van der Waals surface area contributed by atoms with Crippen LogP contribution >= 0.6 is 0 Å². The molecule has 2 aliphatic rings. The number of aromatic hydroxyl groups is 1. The maximum Gasteiger partial charge on any atom is 0.326 e. The molecular weight excluding hydrogens is 632 g/mol. The minimum absolute atomic E-state index is 0.00236. The fraction of sp³-hybridized carbons (Fsp3) is 0.581. The van der Waals surface area contributed by atoms with E-state index in [-0.39, 0.29) is 25.1 Å². The summed E-state index contributed by atoms with van der Waals surface area (Å²) >= 11 is 0. The molecule has 2 fully saturated rings. The van der Waals surface area contributed by atoms with E-state index in [1.807, 2.05) is 0 Å². The summed E-state index contributed by atoms with van der Waals surface area (Å²) in [6.45, 7) is 3.09. The summed E-state index contributed by atoms with van der Waals surface area (Å²) in [6.07, 6.45) is 1.04. The summed E-state index contributed by atoms with van der Waals surface area (Å²) in [6, 6.07) is -1.49. The molecule has 0 unspecified atom stereocenters. The van der Waals surface area contributed by atoms with Gasteiger partial charge < -0.3 is 51.9 Å². The lowest BCUT2D eigenvalue weighted by Gasteiger charge is -2.32. The number of benzene rings is 1. The Bertz CT molecular complexity index is 1350. The third-order valence-corrected chi connectivity index (χ3v) is 8.26. The molecule has 6 atom stereocenters. The van der Waals surface area contributed by atoms with Gasteiger partial charge in [0.15, 0.2) is 0 Å². The van der Waals surface area contributed by atoms with E-state index in [0.29, 0.717) is 24.9 Å². The Labute approximate surface area is 276 Å². The second-order valence-electron chi connectivity index (χ2n) is 12.2. The van der Waals surface area contributed by atoms with Crippen molar-refractivity contribution in [2.75, 3.05) is 19.7 Å². The molecule has 17 heteroatoms.